The molecule has 0 aromatic heterocycles. The van der Waals surface area contributed by atoms with Crippen molar-refractivity contribution in [2.45, 2.75) is 32.6 Å². The molecule has 0 unspecified atom stereocenters. The van der Waals surface area contributed by atoms with Gasteiger partial charge < -0.3 is 4.90 Å². The van der Waals surface area contributed by atoms with Crippen LogP contribution in [-0.2, 0) is 21.7 Å². The zero-order valence-electron chi connectivity index (χ0n) is 14.0. The van der Waals surface area contributed by atoms with Crippen molar-refractivity contribution in [3.05, 3.63) is 64.7 Å². The van der Waals surface area contributed by atoms with Gasteiger partial charge in [0.2, 0.25) is 0 Å². The molecule has 131 valence electrons. The number of hydrogen-bond acceptors (Lipinski definition) is 1. The number of amides is 1. The Labute approximate surface area is 167 Å². The summed E-state index contributed by atoms with van der Waals surface area (Å²) in [5.41, 5.74) is 0.302. The molecule has 0 atom stereocenters. The Kier molecular flexibility index (Phi) is 9.33. The Morgan fingerprint density at radius 3 is 2.48 bits per heavy atom. The van der Waals surface area contributed by atoms with Gasteiger partial charge in [0, 0.05) is 28.3 Å². The van der Waals surface area contributed by atoms with Gasteiger partial charge in [-0.25, -0.2) is 8.78 Å². The molecule has 0 saturated carbocycles. The molecule has 2 aromatic carbocycles. The first-order valence-corrected chi connectivity index (χ1v) is 8.36. The third-order valence-corrected chi connectivity index (χ3v) is 4.05. The van der Waals surface area contributed by atoms with E-state index in [1.165, 1.54) is 11.0 Å². The van der Waals surface area contributed by atoms with Crippen molar-refractivity contribution < 1.29 is 35.3 Å². The number of rotatable bonds is 7. The fourth-order valence-corrected chi connectivity index (χ4v) is 2.67. The number of benzene rings is 2. The molecule has 1 amide bonds. The van der Waals surface area contributed by atoms with E-state index in [1.807, 2.05) is 6.07 Å². The predicted octanol–water partition coefficient (Wildman–Crippen LogP) is 5.64. The Morgan fingerprint density at radius 2 is 1.84 bits per heavy atom. The first-order chi connectivity index (χ1) is 11.5. The second-order valence-corrected chi connectivity index (χ2v) is 5.91. The van der Waals surface area contributed by atoms with Crippen molar-refractivity contribution in [1.82, 2.24) is 0 Å². The van der Waals surface area contributed by atoms with Crippen molar-refractivity contribution >= 4 is 23.2 Å². The van der Waals surface area contributed by atoms with Gasteiger partial charge >= 0.3 is 0 Å². The number of unbranched alkanes of at least 4 members (excludes halogenated alkanes) is 3. The van der Waals surface area contributed by atoms with Crippen LogP contribution in [0.1, 0.15) is 43.0 Å². The van der Waals surface area contributed by atoms with E-state index < -0.39 is 17.5 Å². The molecule has 0 aliphatic carbocycles. The van der Waals surface area contributed by atoms with Gasteiger partial charge in [-0.05, 0) is 30.7 Å². The van der Waals surface area contributed by atoms with Crippen molar-refractivity contribution in [3.8, 4) is 0 Å². The quantitative estimate of drug-likeness (QED) is 0.436. The minimum atomic E-state index is -0.883. The van der Waals surface area contributed by atoms with Gasteiger partial charge in [-0.15, -0.1) is 0 Å². The molecular weight excluding hydrogens is 380 g/mol. The number of carbonyl (C=O) groups excluding carboxylic acids is 1. The average Bonchev–Trinajstić information content (AvgIpc) is 2.56. The van der Waals surface area contributed by atoms with E-state index in [9.17, 15) is 13.6 Å². The summed E-state index contributed by atoms with van der Waals surface area (Å²) in [5, 5.41) is 0.299. The van der Waals surface area contributed by atoms with E-state index in [1.54, 1.807) is 24.3 Å². The van der Waals surface area contributed by atoms with Gasteiger partial charge in [0.1, 0.15) is 5.82 Å². The van der Waals surface area contributed by atoms with Gasteiger partial charge in [0.15, 0.2) is 5.82 Å². The van der Waals surface area contributed by atoms with Crippen LogP contribution in [0.15, 0.2) is 36.4 Å². The van der Waals surface area contributed by atoms with Gasteiger partial charge in [-0.1, -0.05) is 49.9 Å². The summed E-state index contributed by atoms with van der Waals surface area (Å²) in [6.07, 6.45) is 3.74. The van der Waals surface area contributed by atoms with E-state index in [0.29, 0.717) is 17.1 Å². The molecule has 0 spiro atoms. The molecule has 6 heteroatoms. The summed E-state index contributed by atoms with van der Waals surface area (Å²) >= 11 is 6.09. The summed E-state index contributed by atoms with van der Waals surface area (Å²) in [7, 11) is 0. The molecule has 1 radical (unpaired) electrons. The SMILES string of the molecule is CCCCCCN(C(=O)c1ccccc1Cl)c1ccc(F)[c]c1F.[Ti]. The molecule has 0 N–H and O–H groups in total. The predicted molar refractivity (Wildman–Crippen MR) is 92.5 cm³/mol. The molecule has 0 aliphatic heterocycles. The summed E-state index contributed by atoms with van der Waals surface area (Å²) in [6, 6.07) is 11.0. The van der Waals surface area contributed by atoms with Crippen LogP contribution in [0.3, 0.4) is 0 Å². The van der Waals surface area contributed by atoms with E-state index in [0.717, 1.165) is 31.7 Å². The van der Waals surface area contributed by atoms with Gasteiger partial charge in [-0.3, -0.25) is 4.79 Å². The van der Waals surface area contributed by atoms with Gasteiger partial charge in [-0.2, -0.15) is 0 Å². The van der Waals surface area contributed by atoms with Crippen LogP contribution in [-0.4, -0.2) is 12.5 Å². The van der Waals surface area contributed by atoms with E-state index in [4.69, 9.17) is 11.6 Å². The Balaban J connectivity index is 0.00000312. The minimum absolute atomic E-state index is 0. The Morgan fingerprint density at radius 1 is 1.12 bits per heavy atom. The number of halogens is 3. The van der Waals surface area contributed by atoms with Crippen LogP contribution in [0.25, 0.3) is 0 Å². The molecule has 2 aromatic rings. The second kappa shape index (κ2) is 10.7. The largest absolute Gasteiger partial charge is 0.305 e. The number of hydrogen-bond donors (Lipinski definition) is 0. The maximum atomic E-state index is 14.1. The Hall–Kier alpha value is -1.23. The standard InChI is InChI=1S/C19H19ClF2NO.Ti/c1-2-3-4-7-12-23(18-11-10-14(21)13-17(18)22)19(24)15-8-5-6-9-16(15)20;/h5-6,8-11H,2-4,7,12H2,1H3;. The first-order valence-electron chi connectivity index (χ1n) is 7.98. The number of anilines is 1. The van der Waals surface area contributed by atoms with Crippen molar-refractivity contribution in [3.63, 3.8) is 0 Å². The summed E-state index contributed by atoms with van der Waals surface area (Å²) < 4.78 is 27.3. The Bertz CT molecular complexity index is 712. The summed E-state index contributed by atoms with van der Waals surface area (Å²) in [6.45, 7) is 2.42. The molecule has 0 aliphatic rings. The van der Waals surface area contributed by atoms with Crippen LogP contribution in [0.2, 0.25) is 5.02 Å². The summed E-state index contributed by atoms with van der Waals surface area (Å²) in [4.78, 5) is 14.1. The molecule has 0 saturated heterocycles. The minimum Gasteiger partial charge on any atom is -0.305 e. The molecule has 2 nitrogen and oxygen atoms in total. The fraction of sp³-hybridized carbons (Fsp3) is 0.316. The zero-order chi connectivity index (χ0) is 17.5. The number of carbonyl (C=O) groups is 1. The molecule has 0 fully saturated rings. The zero-order valence-corrected chi connectivity index (χ0v) is 16.3. The van der Waals surface area contributed by atoms with Crippen LogP contribution >= 0.6 is 11.6 Å². The summed E-state index contributed by atoms with van der Waals surface area (Å²) in [5.74, 6) is -2.09. The smallest absolute Gasteiger partial charge is 0.259 e. The fourth-order valence-electron chi connectivity index (χ4n) is 2.45. The first kappa shape index (κ1) is 21.8. The topological polar surface area (TPSA) is 20.3 Å². The van der Waals surface area contributed by atoms with Crippen molar-refractivity contribution in [2.75, 3.05) is 11.4 Å². The van der Waals surface area contributed by atoms with E-state index >= 15 is 0 Å². The molecule has 2 rings (SSSR count). The van der Waals surface area contributed by atoms with Crippen LogP contribution in [0.4, 0.5) is 14.5 Å². The normalized spacial score (nSPS) is 10.2. The second-order valence-electron chi connectivity index (χ2n) is 5.50. The van der Waals surface area contributed by atoms with Gasteiger partial charge in [0.25, 0.3) is 5.91 Å². The van der Waals surface area contributed by atoms with Crippen LogP contribution in [0, 0.1) is 17.7 Å². The monoisotopic (exact) mass is 398 g/mol. The van der Waals surface area contributed by atoms with Crippen molar-refractivity contribution in [2.24, 2.45) is 0 Å². The van der Waals surface area contributed by atoms with E-state index in [-0.39, 0.29) is 27.4 Å². The third kappa shape index (κ3) is 5.91. The molecule has 0 heterocycles. The third-order valence-electron chi connectivity index (χ3n) is 3.72. The number of nitrogens with zero attached hydrogens (tertiary/aromatic N) is 1. The molecule has 0 bridgehead atoms. The van der Waals surface area contributed by atoms with Crippen LogP contribution < -0.4 is 4.90 Å². The average molecular weight is 399 g/mol. The maximum Gasteiger partial charge on any atom is 0.259 e. The molecular formula is C19H19ClF2NOTi. The van der Waals surface area contributed by atoms with Crippen LogP contribution in [0.5, 0.6) is 0 Å². The molecule has 25 heavy (non-hydrogen) atoms. The van der Waals surface area contributed by atoms with Gasteiger partial charge in [0.05, 0.1) is 22.3 Å². The van der Waals surface area contributed by atoms with Crippen molar-refractivity contribution in [1.29, 1.82) is 0 Å². The maximum absolute atomic E-state index is 14.1. The van der Waals surface area contributed by atoms with E-state index in [2.05, 4.69) is 6.92 Å².